The molecule has 0 spiro atoms. The first-order chi connectivity index (χ1) is 9.38. The molecule has 0 amide bonds. The van der Waals surface area contributed by atoms with Gasteiger partial charge in [0.15, 0.2) is 5.82 Å². The lowest BCUT2D eigenvalue weighted by atomic mass is 9.98. The van der Waals surface area contributed by atoms with Gasteiger partial charge < -0.3 is 15.7 Å². The highest BCUT2D eigenvalue weighted by molar-refractivity contribution is 5.65. The molecule has 110 valence electrons. The summed E-state index contributed by atoms with van der Waals surface area (Å²) >= 11 is 0. The SMILES string of the molecule is CC(C)(C)n1nc(N2CCC(CO)CC2)c(C#N)c1N. The summed E-state index contributed by atoms with van der Waals surface area (Å²) in [5.41, 5.74) is 6.28. The first-order valence-electron chi connectivity index (χ1n) is 7.03. The van der Waals surface area contributed by atoms with E-state index in [2.05, 4.69) is 16.1 Å². The normalized spacial score (nSPS) is 17.2. The maximum atomic E-state index is 9.36. The van der Waals surface area contributed by atoms with Gasteiger partial charge in [0.1, 0.15) is 17.5 Å². The van der Waals surface area contributed by atoms with Crippen LogP contribution < -0.4 is 10.6 Å². The van der Waals surface area contributed by atoms with Crippen LogP contribution in [0.3, 0.4) is 0 Å². The Morgan fingerprint density at radius 3 is 2.45 bits per heavy atom. The highest BCUT2D eigenvalue weighted by Crippen LogP contribution is 2.31. The number of anilines is 2. The second kappa shape index (κ2) is 5.33. The maximum absolute atomic E-state index is 9.36. The van der Waals surface area contributed by atoms with E-state index in [0.717, 1.165) is 25.9 Å². The summed E-state index contributed by atoms with van der Waals surface area (Å²) in [6.07, 6.45) is 1.84. The molecule has 1 saturated heterocycles. The van der Waals surface area contributed by atoms with Crippen molar-refractivity contribution < 1.29 is 5.11 Å². The fourth-order valence-electron chi connectivity index (χ4n) is 2.59. The molecule has 0 aliphatic carbocycles. The van der Waals surface area contributed by atoms with Crippen molar-refractivity contribution in [1.82, 2.24) is 9.78 Å². The molecule has 0 unspecified atom stereocenters. The molecule has 0 aromatic carbocycles. The van der Waals surface area contributed by atoms with Crippen LogP contribution in [-0.2, 0) is 5.54 Å². The minimum atomic E-state index is -0.253. The number of nitrogens with two attached hydrogens (primary N) is 1. The highest BCUT2D eigenvalue weighted by Gasteiger charge is 2.28. The molecule has 0 radical (unpaired) electrons. The van der Waals surface area contributed by atoms with E-state index in [1.54, 1.807) is 4.68 Å². The van der Waals surface area contributed by atoms with Crippen LogP contribution in [0.1, 0.15) is 39.2 Å². The molecular weight excluding hydrogens is 254 g/mol. The fraction of sp³-hybridized carbons (Fsp3) is 0.714. The molecule has 1 aliphatic rings. The molecule has 2 heterocycles. The van der Waals surface area contributed by atoms with Gasteiger partial charge >= 0.3 is 0 Å². The second-order valence-electron chi connectivity index (χ2n) is 6.39. The first kappa shape index (κ1) is 14.7. The summed E-state index contributed by atoms with van der Waals surface area (Å²) in [6, 6.07) is 2.18. The average Bonchev–Trinajstić information content (AvgIpc) is 2.75. The molecule has 0 saturated carbocycles. The third kappa shape index (κ3) is 2.59. The Kier molecular flexibility index (Phi) is 3.91. The van der Waals surface area contributed by atoms with Crippen LogP contribution in [0.15, 0.2) is 0 Å². The molecule has 1 aromatic rings. The molecule has 20 heavy (non-hydrogen) atoms. The predicted octanol–water partition coefficient (Wildman–Crippen LogP) is 1.30. The van der Waals surface area contributed by atoms with Gasteiger partial charge in [0, 0.05) is 19.7 Å². The smallest absolute Gasteiger partial charge is 0.170 e. The van der Waals surface area contributed by atoms with Crippen molar-refractivity contribution in [3.8, 4) is 6.07 Å². The number of aromatic nitrogens is 2. The zero-order valence-corrected chi connectivity index (χ0v) is 12.4. The lowest BCUT2D eigenvalue weighted by molar-refractivity contribution is 0.202. The second-order valence-corrected chi connectivity index (χ2v) is 6.39. The van der Waals surface area contributed by atoms with Crippen molar-refractivity contribution in [3.63, 3.8) is 0 Å². The van der Waals surface area contributed by atoms with E-state index >= 15 is 0 Å². The topological polar surface area (TPSA) is 91.1 Å². The molecule has 6 nitrogen and oxygen atoms in total. The van der Waals surface area contributed by atoms with Gasteiger partial charge in [0.2, 0.25) is 0 Å². The summed E-state index contributed by atoms with van der Waals surface area (Å²) in [4.78, 5) is 2.10. The Balaban J connectivity index is 2.31. The first-order valence-corrected chi connectivity index (χ1v) is 7.03. The van der Waals surface area contributed by atoms with Crippen molar-refractivity contribution in [2.45, 2.75) is 39.2 Å². The standard InChI is InChI=1S/C14H23N5O/c1-14(2,3)19-12(16)11(8-15)13(17-19)18-6-4-10(9-20)5-7-18/h10,20H,4-7,9,16H2,1-3H3. The fourth-order valence-corrected chi connectivity index (χ4v) is 2.59. The van der Waals surface area contributed by atoms with Gasteiger partial charge in [-0.1, -0.05) is 0 Å². The van der Waals surface area contributed by atoms with Gasteiger partial charge in [-0.25, -0.2) is 4.68 Å². The van der Waals surface area contributed by atoms with Crippen molar-refractivity contribution in [3.05, 3.63) is 5.56 Å². The molecule has 1 fully saturated rings. The van der Waals surface area contributed by atoms with Crippen LogP contribution in [0, 0.1) is 17.2 Å². The van der Waals surface area contributed by atoms with Gasteiger partial charge in [0.05, 0.1) is 5.54 Å². The Labute approximate surface area is 119 Å². The monoisotopic (exact) mass is 277 g/mol. The number of hydrogen-bond acceptors (Lipinski definition) is 5. The van der Waals surface area contributed by atoms with E-state index in [4.69, 9.17) is 5.73 Å². The number of piperidine rings is 1. The summed E-state index contributed by atoms with van der Waals surface area (Å²) in [7, 11) is 0. The summed E-state index contributed by atoms with van der Waals surface area (Å²) in [5, 5.41) is 23.1. The summed E-state index contributed by atoms with van der Waals surface area (Å²) in [5.74, 6) is 1.47. The van der Waals surface area contributed by atoms with Gasteiger partial charge in [-0.15, -0.1) is 0 Å². The van der Waals surface area contributed by atoms with E-state index in [9.17, 15) is 10.4 Å². The number of nitrogen functional groups attached to an aromatic ring is 1. The number of nitrogens with zero attached hydrogens (tertiary/aromatic N) is 4. The number of rotatable bonds is 2. The van der Waals surface area contributed by atoms with Gasteiger partial charge in [-0.3, -0.25) is 0 Å². The summed E-state index contributed by atoms with van der Waals surface area (Å²) < 4.78 is 1.72. The Bertz CT molecular complexity index is 515. The van der Waals surface area contributed by atoms with E-state index in [0.29, 0.717) is 23.1 Å². The Hall–Kier alpha value is -1.74. The molecule has 0 bridgehead atoms. The van der Waals surface area contributed by atoms with Crippen LogP contribution in [0.2, 0.25) is 0 Å². The van der Waals surface area contributed by atoms with Gasteiger partial charge in [-0.05, 0) is 39.5 Å². The summed E-state index contributed by atoms with van der Waals surface area (Å²) in [6.45, 7) is 7.89. The van der Waals surface area contributed by atoms with Gasteiger partial charge in [-0.2, -0.15) is 10.4 Å². The maximum Gasteiger partial charge on any atom is 0.170 e. The molecule has 0 atom stereocenters. The molecule has 1 aromatic heterocycles. The van der Waals surface area contributed by atoms with E-state index < -0.39 is 0 Å². The number of hydrogen-bond donors (Lipinski definition) is 2. The van der Waals surface area contributed by atoms with Crippen LogP contribution in [-0.4, -0.2) is 34.6 Å². The van der Waals surface area contributed by atoms with Crippen LogP contribution in [0.4, 0.5) is 11.6 Å². The third-order valence-electron chi connectivity index (χ3n) is 3.82. The van der Waals surface area contributed by atoms with Crippen molar-refractivity contribution in [2.24, 2.45) is 5.92 Å². The lowest BCUT2D eigenvalue weighted by Crippen LogP contribution is -2.35. The average molecular weight is 277 g/mol. The molecule has 3 N–H and O–H groups in total. The third-order valence-corrected chi connectivity index (χ3v) is 3.82. The molecule has 1 aliphatic heterocycles. The Morgan fingerprint density at radius 1 is 1.40 bits per heavy atom. The molecule has 6 heteroatoms. The zero-order chi connectivity index (χ0) is 14.9. The number of aliphatic hydroxyl groups excluding tert-OH is 1. The number of nitriles is 1. The van der Waals surface area contributed by atoms with E-state index in [1.807, 2.05) is 20.8 Å². The predicted molar refractivity (Wildman–Crippen MR) is 78.4 cm³/mol. The van der Waals surface area contributed by atoms with Crippen LogP contribution >= 0.6 is 0 Å². The van der Waals surface area contributed by atoms with Crippen molar-refractivity contribution >= 4 is 11.6 Å². The molecular formula is C14H23N5O. The largest absolute Gasteiger partial charge is 0.396 e. The van der Waals surface area contributed by atoms with Gasteiger partial charge in [0.25, 0.3) is 0 Å². The highest BCUT2D eigenvalue weighted by atomic mass is 16.3. The van der Waals surface area contributed by atoms with Crippen molar-refractivity contribution in [1.29, 1.82) is 5.26 Å². The van der Waals surface area contributed by atoms with Crippen LogP contribution in [0.5, 0.6) is 0 Å². The zero-order valence-electron chi connectivity index (χ0n) is 12.4. The number of aliphatic hydroxyl groups is 1. The lowest BCUT2D eigenvalue weighted by Gasteiger charge is -2.31. The molecule has 2 rings (SSSR count). The van der Waals surface area contributed by atoms with E-state index in [-0.39, 0.29) is 12.1 Å². The van der Waals surface area contributed by atoms with E-state index in [1.165, 1.54) is 0 Å². The van der Waals surface area contributed by atoms with Crippen LogP contribution in [0.25, 0.3) is 0 Å². The minimum Gasteiger partial charge on any atom is -0.396 e. The Morgan fingerprint density at radius 2 is 2.00 bits per heavy atom. The quantitative estimate of drug-likeness (QED) is 0.850. The minimum absolute atomic E-state index is 0.234. The van der Waals surface area contributed by atoms with Crippen molar-refractivity contribution in [2.75, 3.05) is 30.3 Å².